The Morgan fingerprint density at radius 3 is 1.62 bits per heavy atom. The number of furan rings is 1. The van der Waals surface area contributed by atoms with Crippen LogP contribution in [0.2, 0.25) is 0 Å². The van der Waals surface area contributed by atoms with Crippen LogP contribution in [0.1, 0.15) is 0 Å². The number of hydrogen-bond acceptors (Lipinski definition) is 3. The van der Waals surface area contributed by atoms with Gasteiger partial charge in [-0.3, -0.25) is 0 Å². The van der Waals surface area contributed by atoms with Crippen molar-refractivity contribution >= 4 is 81.3 Å². The summed E-state index contributed by atoms with van der Waals surface area (Å²) >= 11 is 1.87. The van der Waals surface area contributed by atoms with Gasteiger partial charge in [0, 0.05) is 37.6 Å². The quantitative estimate of drug-likeness (QED) is 0.160. The molecule has 0 bridgehead atoms. The lowest BCUT2D eigenvalue weighted by atomic mass is 9.97. The molecule has 2 heterocycles. The smallest absolute Gasteiger partial charge is 0.135 e. The van der Waals surface area contributed by atoms with E-state index in [2.05, 4.69) is 217 Å². The molecule has 0 amide bonds. The lowest BCUT2D eigenvalue weighted by Crippen LogP contribution is -2.10. The number of fused-ring (bicyclic) bond motifs is 7. The molecule has 0 fully saturated rings. The molecular formula is C58H37NOS. The first-order valence-corrected chi connectivity index (χ1v) is 21.5. The zero-order valence-electron chi connectivity index (χ0n) is 33.1. The van der Waals surface area contributed by atoms with Crippen molar-refractivity contribution in [1.82, 2.24) is 0 Å². The van der Waals surface area contributed by atoms with E-state index in [9.17, 15) is 0 Å². The highest BCUT2D eigenvalue weighted by atomic mass is 32.1. The Kier molecular flexibility index (Phi) is 8.39. The van der Waals surface area contributed by atoms with Crippen LogP contribution in [0.4, 0.5) is 17.1 Å². The summed E-state index contributed by atoms with van der Waals surface area (Å²) in [5.74, 6) is 0. The van der Waals surface area contributed by atoms with Crippen molar-refractivity contribution in [2.24, 2.45) is 0 Å². The number of hydrogen-bond donors (Lipinski definition) is 0. The van der Waals surface area contributed by atoms with Crippen LogP contribution in [0.15, 0.2) is 229 Å². The molecule has 61 heavy (non-hydrogen) atoms. The van der Waals surface area contributed by atoms with Gasteiger partial charge in [-0.05, 0) is 116 Å². The normalized spacial score (nSPS) is 11.6. The molecule has 0 radical (unpaired) electrons. The molecule has 0 spiro atoms. The third kappa shape index (κ3) is 6.18. The van der Waals surface area contributed by atoms with Crippen LogP contribution >= 0.6 is 11.3 Å². The number of para-hydroxylation sites is 1. The van der Waals surface area contributed by atoms with Gasteiger partial charge in [0.05, 0.1) is 10.4 Å². The van der Waals surface area contributed by atoms with Gasteiger partial charge in [-0.2, -0.15) is 0 Å². The van der Waals surface area contributed by atoms with Gasteiger partial charge < -0.3 is 9.32 Å². The number of rotatable bonds is 7. The van der Waals surface area contributed by atoms with E-state index >= 15 is 0 Å². The van der Waals surface area contributed by atoms with Gasteiger partial charge in [0.2, 0.25) is 0 Å². The highest BCUT2D eigenvalue weighted by Crippen LogP contribution is 2.48. The van der Waals surface area contributed by atoms with E-state index in [-0.39, 0.29) is 0 Å². The van der Waals surface area contributed by atoms with Gasteiger partial charge in [0.15, 0.2) is 0 Å². The molecule has 12 aromatic rings. The van der Waals surface area contributed by atoms with E-state index < -0.39 is 0 Å². The summed E-state index contributed by atoms with van der Waals surface area (Å²) in [7, 11) is 0. The molecule has 12 rings (SSSR count). The topological polar surface area (TPSA) is 16.4 Å². The molecule has 0 saturated heterocycles. The third-order valence-corrected chi connectivity index (χ3v) is 13.3. The van der Waals surface area contributed by atoms with E-state index in [1.807, 2.05) is 23.5 Å². The zero-order valence-corrected chi connectivity index (χ0v) is 33.9. The zero-order chi connectivity index (χ0) is 40.3. The van der Waals surface area contributed by atoms with Crippen LogP contribution < -0.4 is 4.90 Å². The van der Waals surface area contributed by atoms with Gasteiger partial charge in [-0.1, -0.05) is 164 Å². The van der Waals surface area contributed by atoms with Crippen molar-refractivity contribution in [3.8, 4) is 44.5 Å². The lowest BCUT2D eigenvalue weighted by molar-refractivity contribution is 0.669. The van der Waals surface area contributed by atoms with Crippen molar-refractivity contribution < 1.29 is 4.42 Å². The molecule has 0 atom stereocenters. The van der Waals surface area contributed by atoms with E-state index in [4.69, 9.17) is 4.42 Å². The molecule has 0 aliphatic heterocycles. The Labute approximate surface area is 357 Å². The van der Waals surface area contributed by atoms with Crippen molar-refractivity contribution in [1.29, 1.82) is 0 Å². The largest absolute Gasteiger partial charge is 0.456 e. The maximum absolute atomic E-state index is 6.15. The fourth-order valence-electron chi connectivity index (χ4n) is 9.01. The van der Waals surface area contributed by atoms with Gasteiger partial charge in [-0.25, -0.2) is 0 Å². The van der Waals surface area contributed by atoms with Crippen molar-refractivity contribution in [3.05, 3.63) is 224 Å². The number of thiophene rings is 1. The number of benzene rings is 10. The average Bonchev–Trinajstić information content (AvgIpc) is 3.91. The molecule has 286 valence electrons. The summed E-state index contributed by atoms with van der Waals surface area (Å²) in [6, 6.07) is 81.2. The SMILES string of the molecule is c1ccc(-c2ccc(N(c3ccc(-c4ccc(-c5ccc6ccccc6c5)cc4)cc3)c3ccc(-c4ccc5oc6ccccc6c5c4)cc3)c3sc4ccccc4c23)cc1. The van der Waals surface area contributed by atoms with Gasteiger partial charge >= 0.3 is 0 Å². The first-order valence-electron chi connectivity index (χ1n) is 20.7. The van der Waals surface area contributed by atoms with Crippen LogP contribution in [0.5, 0.6) is 0 Å². The predicted molar refractivity (Wildman–Crippen MR) is 261 cm³/mol. The maximum atomic E-state index is 6.15. The molecule has 0 aliphatic carbocycles. The van der Waals surface area contributed by atoms with E-state index in [0.717, 1.165) is 50.1 Å². The Morgan fingerprint density at radius 2 is 0.885 bits per heavy atom. The van der Waals surface area contributed by atoms with Crippen LogP contribution in [0.25, 0.3) is 97.4 Å². The molecule has 3 heteroatoms. The Bertz CT molecular complexity index is 3560. The Balaban J connectivity index is 0.961. The Hall–Kier alpha value is -7.72. The highest BCUT2D eigenvalue weighted by Gasteiger charge is 2.21. The first kappa shape index (κ1) is 35.2. The van der Waals surface area contributed by atoms with Crippen molar-refractivity contribution in [2.45, 2.75) is 0 Å². The first-order chi connectivity index (χ1) is 30.2. The minimum atomic E-state index is 0.906. The monoisotopic (exact) mass is 795 g/mol. The van der Waals surface area contributed by atoms with Gasteiger partial charge in [-0.15, -0.1) is 11.3 Å². The maximum Gasteiger partial charge on any atom is 0.135 e. The summed E-state index contributed by atoms with van der Waals surface area (Å²) in [5.41, 5.74) is 14.8. The molecule has 0 saturated carbocycles. The minimum absolute atomic E-state index is 0.906. The molecule has 2 nitrogen and oxygen atoms in total. The van der Waals surface area contributed by atoms with Gasteiger partial charge in [0.1, 0.15) is 11.2 Å². The van der Waals surface area contributed by atoms with Crippen LogP contribution in [0.3, 0.4) is 0 Å². The van der Waals surface area contributed by atoms with Crippen molar-refractivity contribution in [2.75, 3.05) is 4.90 Å². The lowest BCUT2D eigenvalue weighted by Gasteiger charge is -2.27. The molecule has 0 N–H and O–H groups in total. The molecule has 0 aliphatic rings. The van der Waals surface area contributed by atoms with Crippen molar-refractivity contribution in [3.63, 3.8) is 0 Å². The second-order valence-corrected chi connectivity index (χ2v) is 16.7. The standard InChI is InChI=1S/C58H37NOS/c1-2-11-43(12-3-1)49-33-34-53(58-57(49)51-15-7-9-17-56(51)61-58)59(48-31-26-42(27-32-48)46-28-35-55-52(37-46)50-14-6-8-16-54(50)60-55)47-29-24-40(25-30-47)39-18-20-41(21-19-39)45-23-22-38-10-4-5-13-44(38)36-45/h1-37H. The van der Waals surface area contributed by atoms with Crippen LogP contribution in [-0.4, -0.2) is 0 Å². The summed E-state index contributed by atoms with van der Waals surface area (Å²) in [4.78, 5) is 2.43. The number of anilines is 3. The van der Waals surface area contributed by atoms with E-state index in [1.165, 1.54) is 64.3 Å². The summed E-state index contributed by atoms with van der Waals surface area (Å²) in [6.07, 6.45) is 0. The molecule has 10 aromatic carbocycles. The fourth-order valence-corrected chi connectivity index (χ4v) is 10.2. The van der Waals surface area contributed by atoms with E-state index in [1.54, 1.807) is 0 Å². The second kappa shape index (κ2) is 14.5. The van der Waals surface area contributed by atoms with Crippen LogP contribution in [0, 0.1) is 0 Å². The molecule has 2 aromatic heterocycles. The summed E-state index contributed by atoms with van der Waals surface area (Å²) in [5, 5.41) is 7.35. The minimum Gasteiger partial charge on any atom is -0.456 e. The summed E-state index contributed by atoms with van der Waals surface area (Å²) in [6.45, 7) is 0. The Morgan fingerprint density at radius 1 is 0.344 bits per heavy atom. The highest BCUT2D eigenvalue weighted by molar-refractivity contribution is 7.26. The predicted octanol–water partition coefficient (Wildman–Crippen LogP) is 17.2. The summed E-state index contributed by atoms with van der Waals surface area (Å²) < 4.78 is 8.69. The third-order valence-electron chi connectivity index (χ3n) is 12.1. The molecule has 0 unspecified atom stereocenters. The van der Waals surface area contributed by atoms with E-state index in [0.29, 0.717) is 0 Å². The number of nitrogens with zero attached hydrogens (tertiary/aromatic N) is 1. The average molecular weight is 796 g/mol. The van der Waals surface area contributed by atoms with Gasteiger partial charge in [0.25, 0.3) is 0 Å². The molecular weight excluding hydrogens is 759 g/mol. The second-order valence-electron chi connectivity index (χ2n) is 15.7. The fraction of sp³-hybridized carbons (Fsp3) is 0. The van der Waals surface area contributed by atoms with Crippen LogP contribution in [-0.2, 0) is 0 Å².